The molecule has 4 heavy (non-hydrogen) atoms. The van der Waals surface area contributed by atoms with Gasteiger partial charge in [0.1, 0.15) is 0 Å². The van der Waals surface area contributed by atoms with Crippen LogP contribution in [0.3, 0.4) is 0 Å². The minimum absolute atomic E-state index is 0. The molecule has 0 saturated carbocycles. The first-order valence-corrected chi connectivity index (χ1v) is 0. The molecular weight excluding hydrogens is 759 g/mol. The second kappa shape index (κ2) is 16.1. The zero-order chi connectivity index (χ0) is 0. The fourth-order valence-corrected chi connectivity index (χ4v) is 0. The Morgan fingerprint density at radius 3 is 0.500 bits per heavy atom. The summed E-state index contributed by atoms with van der Waals surface area (Å²) in [6.45, 7) is 0. The predicted octanol–water partition coefficient (Wildman–Crippen LogP) is -1.18. The quantitative estimate of drug-likeness (QED) is 0.273. The summed E-state index contributed by atoms with van der Waals surface area (Å²) in [4.78, 5) is 0. The van der Waals surface area contributed by atoms with Gasteiger partial charge >= 0.3 is 0 Å². The van der Waals surface area contributed by atoms with E-state index in [9.17, 15) is 0 Å². The van der Waals surface area contributed by atoms with Crippen LogP contribution in [0.25, 0.3) is 0 Å². The van der Waals surface area contributed by atoms with Crippen molar-refractivity contribution in [2.24, 2.45) is 0 Å². The minimum atomic E-state index is 0. The summed E-state index contributed by atoms with van der Waals surface area (Å²) in [5.74, 6) is 0. The first-order chi connectivity index (χ1) is 0. The van der Waals surface area contributed by atoms with Gasteiger partial charge in [0.05, 0.1) is 0 Å². The van der Waals surface area contributed by atoms with Gasteiger partial charge in [-0.15, -0.1) is 0 Å². The van der Waals surface area contributed by atoms with Crippen LogP contribution in [0, 0.1) is 87.5 Å². The van der Waals surface area contributed by atoms with E-state index >= 15 is 0 Å². The van der Waals surface area contributed by atoms with E-state index in [1.165, 1.54) is 0 Å². The summed E-state index contributed by atoms with van der Waals surface area (Å²) < 4.78 is 0. The van der Waals surface area contributed by atoms with Gasteiger partial charge in [-0.2, -0.15) is 0 Å². The molecule has 0 radical (unpaired) electrons. The van der Waals surface area contributed by atoms with Crippen LogP contribution in [0.15, 0.2) is 0 Å². The maximum Gasteiger partial charge on any atom is 0.187 e. The molecule has 0 aliphatic heterocycles. The van der Waals surface area contributed by atoms with Gasteiger partial charge in [-0.1, -0.05) is 0 Å². The second-order valence-electron chi connectivity index (χ2n) is 0. The molecule has 0 bridgehead atoms. The van der Waals surface area contributed by atoms with Gasteiger partial charge < -0.3 is 0 Å². The van der Waals surface area contributed by atoms with E-state index in [1.807, 2.05) is 0 Å². The van der Waals surface area contributed by atoms with Gasteiger partial charge in [0.2, 0.25) is 0 Å². The predicted molar refractivity (Wildman–Crippen MR) is 9.94 cm³/mol. The number of hydrogen-bond donors (Lipinski definition) is 0. The first-order valence-electron chi connectivity index (χ1n) is 0. The van der Waals surface area contributed by atoms with E-state index in [-0.39, 0.29) is 105 Å². The zero-order valence-corrected chi connectivity index (χ0v) is 11.4. The van der Waals surface area contributed by atoms with Crippen molar-refractivity contribution in [2.45, 2.75) is 0 Å². The van der Waals surface area contributed by atoms with Gasteiger partial charge in [-0.3, -0.25) is 0 Å². The van der Waals surface area contributed by atoms with Crippen LogP contribution < -0.4 is 0 Å². The summed E-state index contributed by atoms with van der Waals surface area (Å²) >= 11 is 0. The van der Waals surface area contributed by atoms with E-state index < -0.39 is 0 Å². The molecule has 0 aromatic rings. The Bertz CT molecular complexity index is 3.25. The summed E-state index contributed by atoms with van der Waals surface area (Å²) in [5.41, 5.74) is 0. The normalized spacial score (nSPS) is 0. The van der Waals surface area contributed by atoms with Gasteiger partial charge in [0.25, 0.3) is 0 Å². The van der Waals surface area contributed by atoms with E-state index in [4.69, 9.17) is 0 Å². The average Bonchev–Trinajstić information content (AvgIpc) is 0. The van der Waals surface area contributed by atoms with Gasteiger partial charge in [0, 0.05) is 87.5 Å². The largest absolute Gasteiger partial charge is 0.187 e. The van der Waals surface area contributed by atoms with Gasteiger partial charge in [0.15, 0.2) is 17.4 Å². The molecule has 24 valence electrons. The van der Waals surface area contributed by atoms with Crippen molar-refractivity contribution in [1.29, 1.82) is 0 Å². The Labute approximate surface area is 102 Å². The van der Waals surface area contributed by atoms with Crippen molar-refractivity contribution >= 4 is 17.4 Å². The molecule has 0 spiro atoms. The molecule has 0 rings (SSSR count). The van der Waals surface area contributed by atoms with Crippen molar-refractivity contribution < 1.29 is 87.5 Å². The van der Waals surface area contributed by atoms with Crippen LogP contribution in [0.5, 0.6) is 0 Å². The molecule has 4 heteroatoms. The maximum absolute atomic E-state index is 0. The summed E-state index contributed by atoms with van der Waals surface area (Å²) in [7, 11) is 0. The van der Waals surface area contributed by atoms with E-state index in [1.54, 1.807) is 0 Å². The van der Waals surface area contributed by atoms with Crippen LogP contribution in [0.4, 0.5) is 0 Å². The molecule has 0 aromatic heterocycles. The maximum atomic E-state index is 0. The summed E-state index contributed by atoms with van der Waals surface area (Å²) in [6.07, 6.45) is 0. The Morgan fingerprint density at radius 2 is 0.500 bits per heavy atom. The molecule has 0 aromatic carbocycles. The molecule has 0 unspecified atom stereocenters. The molecule has 0 aliphatic carbocycles. The molecule has 0 nitrogen and oxygen atoms in total. The van der Waals surface area contributed by atoms with Crippen LogP contribution in [0.2, 0.25) is 0 Å². The fourth-order valence-electron chi connectivity index (χ4n) is 0. The van der Waals surface area contributed by atoms with Crippen LogP contribution in [0.1, 0.15) is 0 Å². The monoisotopic (exact) mass is 744 g/mol. The Hall–Kier alpha value is 3.49. The fraction of sp³-hybridized carbons (Fsp3) is 0. The molecule has 0 aliphatic rings. The Kier molecular flexibility index (Phi) is 104. The molecule has 0 fully saturated rings. The molecule has 0 atom stereocenters. The first kappa shape index (κ1) is 25.9. The van der Waals surface area contributed by atoms with Crippen molar-refractivity contribution in [3.8, 4) is 0 Å². The Balaban J connectivity index is 0. The molecular formula is H3AlPu3. The third-order valence-electron chi connectivity index (χ3n) is 0. The third-order valence-corrected chi connectivity index (χ3v) is 0. The van der Waals surface area contributed by atoms with Crippen molar-refractivity contribution in [3.63, 3.8) is 0 Å². The minimum Gasteiger partial charge on any atom is 0 e. The van der Waals surface area contributed by atoms with Crippen molar-refractivity contribution in [2.75, 3.05) is 0 Å². The molecule has 0 saturated heterocycles. The smallest absolute Gasteiger partial charge is 0 e. The second-order valence-corrected chi connectivity index (χ2v) is 0. The summed E-state index contributed by atoms with van der Waals surface area (Å²) in [5, 5.41) is 0. The number of hydrogen-bond acceptors (Lipinski definition) is 0. The van der Waals surface area contributed by atoms with E-state index in [0.29, 0.717) is 0 Å². The third kappa shape index (κ3) is 9.09. The standard InChI is InChI=1S/Al.3Pu.3H. The van der Waals surface area contributed by atoms with Crippen molar-refractivity contribution in [3.05, 3.63) is 0 Å². The topological polar surface area (TPSA) is 0 Å². The SMILES string of the molecule is [AlH3].[Pu].[Pu].[Pu]. The summed E-state index contributed by atoms with van der Waals surface area (Å²) in [6, 6.07) is 0. The van der Waals surface area contributed by atoms with Crippen LogP contribution in [-0.2, 0) is 0 Å². The number of rotatable bonds is 0. The van der Waals surface area contributed by atoms with Crippen LogP contribution >= 0.6 is 0 Å². The van der Waals surface area contributed by atoms with Gasteiger partial charge in [-0.25, -0.2) is 0 Å². The van der Waals surface area contributed by atoms with Crippen molar-refractivity contribution in [1.82, 2.24) is 0 Å². The molecule has 0 heterocycles. The van der Waals surface area contributed by atoms with Crippen LogP contribution in [-0.4, -0.2) is 17.4 Å². The molecule has 0 N–H and O–H groups in total. The molecule has 0 amide bonds. The average molecular weight is 762 g/mol. The Morgan fingerprint density at radius 1 is 0.500 bits per heavy atom. The van der Waals surface area contributed by atoms with E-state index in [2.05, 4.69) is 0 Å². The van der Waals surface area contributed by atoms with Gasteiger partial charge in [-0.05, 0) is 0 Å². The zero-order valence-electron chi connectivity index (χ0n) is 1.22. The van der Waals surface area contributed by atoms with E-state index in [0.717, 1.165) is 0 Å².